The number of aldehydes is 1. The SMILES string of the molecule is CC1=C(O)C(C)(Cc2ccc(-c3ccc(C=O)cc3)cc2)SC1=O. The summed E-state index contributed by atoms with van der Waals surface area (Å²) in [4.78, 5) is 22.5. The number of hydrogen-bond donors (Lipinski definition) is 1. The van der Waals surface area contributed by atoms with Gasteiger partial charge in [-0.25, -0.2) is 0 Å². The van der Waals surface area contributed by atoms with Crippen LogP contribution < -0.4 is 0 Å². The molecule has 1 heterocycles. The minimum atomic E-state index is -0.589. The highest BCUT2D eigenvalue weighted by Crippen LogP contribution is 2.44. The molecule has 2 aromatic rings. The number of benzene rings is 2. The van der Waals surface area contributed by atoms with E-state index in [0.717, 1.165) is 23.0 Å². The first-order valence-electron chi connectivity index (χ1n) is 7.71. The van der Waals surface area contributed by atoms with Crippen LogP contribution in [0.15, 0.2) is 59.9 Å². The van der Waals surface area contributed by atoms with Gasteiger partial charge in [-0.2, -0.15) is 0 Å². The molecule has 0 saturated carbocycles. The molecule has 0 amide bonds. The Hall–Kier alpha value is -2.33. The van der Waals surface area contributed by atoms with Gasteiger partial charge in [0, 0.05) is 11.1 Å². The summed E-state index contributed by atoms with van der Waals surface area (Å²) in [6, 6.07) is 15.5. The van der Waals surface area contributed by atoms with Crippen molar-refractivity contribution in [3.63, 3.8) is 0 Å². The predicted octanol–water partition coefficient (Wildman–Crippen LogP) is 4.57. The van der Waals surface area contributed by atoms with Crippen molar-refractivity contribution in [1.29, 1.82) is 0 Å². The third-order valence-corrected chi connectivity index (χ3v) is 5.64. The Bertz CT molecular complexity index is 819. The highest BCUT2D eigenvalue weighted by Gasteiger charge is 2.41. The molecule has 1 aliphatic rings. The topological polar surface area (TPSA) is 54.4 Å². The highest BCUT2D eigenvalue weighted by molar-refractivity contribution is 8.15. The Kier molecular flexibility index (Phi) is 4.33. The molecule has 4 heteroatoms. The van der Waals surface area contributed by atoms with Crippen LogP contribution in [0.3, 0.4) is 0 Å². The summed E-state index contributed by atoms with van der Waals surface area (Å²) in [5.74, 6) is 0.186. The van der Waals surface area contributed by atoms with Gasteiger partial charge in [-0.15, -0.1) is 0 Å². The zero-order valence-electron chi connectivity index (χ0n) is 13.6. The predicted molar refractivity (Wildman–Crippen MR) is 97.3 cm³/mol. The second kappa shape index (κ2) is 6.29. The first-order valence-corrected chi connectivity index (χ1v) is 8.53. The van der Waals surface area contributed by atoms with Crippen LogP contribution in [-0.4, -0.2) is 21.3 Å². The molecule has 0 fully saturated rings. The molecule has 24 heavy (non-hydrogen) atoms. The van der Waals surface area contributed by atoms with E-state index in [-0.39, 0.29) is 10.9 Å². The molecular weight excluding hydrogens is 320 g/mol. The van der Waals surface area contributed by atoms with Crippen LogP contribution in [0.2, 0.25) is 0 Å². The molecular formula is C20H18O3S. The lowest BCUT2D eigenvalue weighted by atomic mass is 9.95. The molecule has 1 unspecified atom stereocenters. The number of carbonyl (C=O) groups is 2. The average Bonchev–Trinajstić information content (AvgIpc) is 2.79. The number of aliphatic hydroxyl groups excluding tert-OH is 1. The second-order valence-corrected chi connectivity index (χ2v) is 7.68. The largest absolute Gasteiger partial charge is 0.510 e. The first-order chi connectivity index (χ1) is 11.4. The first kappa shape index (κ1) is 16.5. The summed E-state index contributed by atoms with van der Waals surface area (Å²) in [5.41, 5.74) is 4.28. The van der Waals surface area contributed by atoms with E-state index in [4.69, 9.17) is 0 Å². The minimum absolute atomic E-state index is 0.0538. The van der Waals surface area contributed by atoms with Crippen LogP contribution in [-0.2, 0) is 11.2 Å². The quantitative estimate of drug-likeness (QED) is 0.830. The molecule has 1 N–H and O–H groups in total. The molecule has 1 aliphatic heterocycles. The van der Waals surface area contributed by atoms with Crippen LogP contribution >= 0.6 is 11.8 Å². The summed E-state index contributed by atoms with van der Waals surface area (Å²) in [7, 11) is 0. The lowest BCUT2D eigenvalue weighted by Gasteiger charge is -2.22. The van der Waals surface area contributed by atoms with E-state index in [9.17, 15) is 14.7 Å². The van der Waals surface area contributed by atoms with Crippen LogP contribution in [0.1, 0.15) is 29.8 Å². The molecule has 2 aromatic carbocycles. The third kappa shape index (κ3) is 3.02. The van der Waals surface area contributed by atoms with Gasteiger partial charge in [-0.1, -0.05) is 60.3 Å². The van der Waals surface area contributed by atoms with Crippen molar-refractivity contribution < 1.29 is 14.7 Å². The van der Waals surface area contributed by atoms with E-state index in [1.165, 1.54) is 11.8 Å². The lowest BCUT2D eigenvalue weighted by Crippen LogP contribution is -2.23. The third-order valence-electron chi connectivity index (χ3n) is 4.36. The van der Waals surface area contributed by atoms with Gasteiger partial charge >= 0.3 is 0 Å². The molecule has 122 valence electrons. The minimum Gasteiger partial charge on any atom is -0.510 e. The van der Waals surface area contributed by atoms with E-state index < -0.39 is 4.75 Å². The van der Waals surface area contributed by atoms with Crippen molar-refractivity contribution in [1.82, 2.24) is 0 Å². The van der Waals surface area contributed by atoms with Crippen molar-refractivity contribution in [2.24, 2.45) is 0 Å². The zero-order chi connectivity index (χ0) is 17.3. The summed E-state index contributed by atoms with van der Waals surface area (Å²) >= 11 is 1.19. The summed E-state index contributed by atoms with van der Waals surface area (Å²) < 4.78 is -0.589. The molecule has 0 saturated heterocycles. The molecule has 0 aromatic heterocycles. The fraction of sp³-hybridized carbons (Fsp3) is 0.200. The van der Waals surface area contributed by atoms with Gasteiger partial charge in [0.05, 0.1) is 4.75 Å². The smallest absolute Gasteiger partial charge is 0.219 e. The Morgan fingerprint density at radius 1 is 1.04 bits per heavy atom. The Morgan fingerprint density at radius 3 is 2.04 bits per heavy atom. The van der Waals surface area contributed by atoms with Gasteiger partial charge in [-0.05, 0) is 37.0 Å². The fourth-order valence-electron chi connectivity index (χ4n) is 2.90. The molecule has 0 spiro atoms. The number of aliphatic hydroxyl groups is 1. The summed E-state index contributed by atoms with van der Waals surface area (Å²) in [6.45, 7) is 3.56. The van der Waals surface area contributed by atoms with E-state index in [0.29, 0.717) is 17.6 Å². The molecule has 3 nitrogen and oxygen atoms in total. The van der Waals surface area contributed by atoms with E-state index in [2.05, 4.69) is 0 Å². The number of carbonyl (C=O) groups excluding carboxylic acids is 2. The monoisotopic (exact) mass is 338 g/mol. The molecule has 0 bridgehead atoms. The van der Waals surface area contributed by atoms with Crippen LogP contribution in [0, 0.1) is 0 Å². The second-order valence-electron chi connectivity index (χ2n) is 6.21. The van der Waals surface area contributed by atoms with Crippen LogP contribution in [0.25, 0.3) is 11.1 Å². The molecule has 0 radical (unpaired) electrons. The van der Waals surface area contributed by atoms with E-state index in [1.807, 2.05) is 43.3 Å². The normalized spacial score (nSPS) is 20.5. The van der Waals surface area contributed by atoms with Crippen LogP contribution in [0.5, 0.6) is 0 Å². The van der Waals surface area contributed by atoms with Crippen LogP contribution in [0.4, 0.5) is 0 Å². The number of hydrogen-bond acceptors (Lipinski definition) is 4. The van der Waals surface area contributed by atoms with Gasteiger partial charge in [0.15, 0.2) is 0 Å². The molecule has 0 aliphatic carbocycles. The van der Waals surface area contributed by atoms with Gasteiger partial charge in [0.2, 0.25) is 5.12 Å². The van der Waals surface area contributed by atoms with Gasteiger partial charge in [0.25, 0.3) is 0 Å². The maximum Gasteiger partial charge on any atom is 0.219 e. The van der Waals surface area contributed by atoms with Gasteiger partial charge < -0.3 is 5.11 Å². The maximum absolute atomic E-state index is 11.8. The average molecular weight is 338 g/mol. The van der Waals surface area contributed by atoms with Crippen molar-refractivity contribution in [2.75, 3.05) is 0 Å². The zero-order valence-corrected chi connectivity index (χ0v) is 14.4. The Morgan fingerprint density at radius 2 is 1.58 bits per heavy atom. The van der Waals surface area contributed by atoms with Gasteiger partial charge in [-0.3, -0.25) is 9.59 Å². The van der Waals surface area contributed by atoms with Gasteiger partial charge in [0.1, 0.15) is 12.0 Å². The summed E-state index contributed by atoms with van der Waals surface area (Å²) in [6.07, 6.45) is 1.42. The molecule has 3 rings (SSSR count). The van der Waals surface area contributed by atoms with E-state index >= 15 is 0 Å². The Balaban J connectivity index is 1.80. The lowest BCUT2D eigenvalue weighted by molar-refractivity contribution is -0.107. The maximum atomic E-state index is 11.8. The Labute approximate surface area is 145 Å². The van der Waals surface area contributed by atoms with E-state index in [1.54, 1.807) is 19.1 Å². The van der Waals surface area contributed by atoms with Crippen molar-refractivity contribution in [2.45, 2.75) is 25.0 Å². The number of rotatable bonds is 4. The highest BCUT2D eigenvalue weighted by atomic mass is 32.2. The summed E-state index contributed by atoms with van der Waals surface area (Å²) in [5, 5.41) is 10.2. The standard InChI is InChI=1S/C20H18O3S/c1-13-18(22)20(2,24-19(13)23)11-14-3-7-16(8-4-14)17-9-5-15(12-21)6-10-17/h3-10,12,22H,11H2,1-2H3. The van der Waals surface area contributed by atoms with Crippen molar-refractivity contribution in [3.8, 4) is 11.1 Å². The van der Waals surface area contributed by atoms with Crippen molar-refractivity contribution in [3.05, 3.63) is 71.0 Å². The van der Waals surface area contributed by atoms with Crippen molar-refractivity contribution >= 4 is 23.2 Å². The molecule has 1 atom stereocenters. The fourth-order valence-corrected chi connectivity index (χ4v) is 4.05. The number of thioether (sulfide) groups is 1.